The van der Waals surface area contributed by atoms with Gasteiger partial charge in [0.1, 0.15) is 0 Å². The summed E-state index contributed by atoms with van der Waals surface area (Å²) in [6.45, 7) is 9.67. The van der Waals surface area contributed by atoms with Crippen molar-refractivity contribution in [2.45, 2.75) is 46.9 Å². The third-order valence-electron chi connectivity index (χ3n) is 4.08. The van der Waals surface area contributed by atoms with Gasteiger partial charge in [-0.3, -0.25) is 0 Å². The average molecular weight is 335 g/mol. The molecule has 5 heteroatoms. The molecule has 24 heavy (non-hydrogen) atoms. The number of benzene rings is 1. The van der Waals surface area contributed by atoms with Crippen LogP contribution in [0.4, 0.5) is 4.79 Å². The number of carbonyl (C=O) groups is 1. The Morgan fingerprint density at radius 1 is 1.21 bits per heavy atom. The second-order valence-corrected chi connectivity index (χ2v) is 7.77. The molecule has 5 nitrogen and oxygen atoms in total. The molecule has 0 aliphatic heterocycles. The standard InChI is InChI=1S/C19H33N3O2/c1-14(2)17(23)19(3,4)13-21-18(24)20-11-15-8-7-9-16(10-15)12-22(5)6/h7-10,14,17,23H,11-13H2,1-6H3,(H2,20,21,24). The second kappa shape index (κ2) is 9.04. The van der Waals surface area contributed by atoms with Gasteiger partial charge >= 0.3 is 6.03 Å². The molecule has 1 aromatic rings. The molecule has 0 aliphatic rings. The Kier molecular flexibility index (Phi) is 7.70. The van der Waals surface area contributed by atoms with Gasteiger partial charge in [-0.15, -0.1) is 0 Å². The lowest BCUT2D eigenvalue weighted by atomic mass is 9.81. The van der Waals surface area contributed by atoms with E-state index in [-0.39, 0.29) is 17.4 Å². The van der Waals surface area contributed by atoms with Crippen molar-refractivity contribution in [3.63, 3.8) is 0 Å². The third-order valence-corrected chi connectivity index (χ3v) is 4.08. The summed E-state index contributed by atoms with van der Waals surface area (Å²) < 4.78 is 0. The van der Waals surface area contributed by atoms with Gasteiger partial charge in [-0.05, 0) is 31.1 Å². The van der Waals surface area contributed by atoms with E-state index in [2.05, 4.69) is 27.7 Å². The Hall–Kier alpha value is -1.59. The Balaban J connectivity index is 2.46. The van der Waals surface area contributed by atoms with Gasteiger partial charge in [-0.1, -0.05) is 52.0 Å². The van der Waals surface area contributed by atoms with Crippen LogP contribution in [-0.4, -0.2) is 42.8 Å². The summed E-state index contributed by atoms with van der Waals surface area (Å²) in [5.74, 6) is 0.157. The molecule has 0 aromatic heterocycles. The fourth-order valence-corrected chi connectivity index (χ4v) is 2.76. The number of hydrogen-bond donors (Lipinski definition) is 3. The minimum absolute atomic E-state index is 0.157. The first-order chi connectivity index (χ1) is 11.1. The van der Waals surface area contributed by atoms with E-state index in [0.717, 1.165) is 12.1 Å². The van der Waals surface area contributed by atoms with Gasteiger partial charge in [0, 0.05) is 25.0 Å². The quantitative estimate of drug-likeness (QED) is 0.684. The summed E-state index contributed by atoms with van der Waals surface area (Å²) in [5, 5.41) is 15.9. The number of amides is 2. The average Bonchev–Trinajstić information content (AvgIpc) is 2.50. The minimum atomic E-state index is -0.458. The summed E-state index contributed by atoms with van der Waals surface area (Å²) in [5.41, 5.74) is 1.93. The number of nitrogens with one attached hydrogen (secondary N) is 2. The van der Waals surface area contributed by atoms with Crippen molar-refractivity contribution in [1.29, 1.82) is 0 Å². The number of nitrogens with zero attached hydrogens (tertiary/aromatic N) is 1. The zero-order valence-corrected chi connectivity index (χ0v) is 15.9. The summed E-state index contributed by atoms with van der Waals surface area (Å²) in [4.78, 5) is 14.1. The van der Waals surface area contributed by atoms with Crippen molar-refractivity contribution in [1.82, 2.24) is 15.5 Å². The van der Waals surface area contributed by atoms with Crippen LogP contribution in [0.25, 0.3) is 0 Å². The van der Waals surface area contributed by atoms with Crippen LogP contribution in [0.3, 0.4) is 0 Å². The highest BCUT2D eigenvalue weighted by Crippen LogP contribution is 2.24. The molecule has 0 saturated carbocycles. The Labute approximate surface area is 146 Å². The third kappa shape index (κ3) is 6.89. The minimum Gasteiger partial charge on any atom is -0.392 e. The van der Waals surface area contributed by atoms with E-state index in [1.165, 1.54) is 5.56 Å². The molecule has 1 rings (SSSR count). The zero-order valence-electron chi connectivity index (χ0n) is 15.9. The van der Waals surface area contributed by atoms with Gasteiger partial charge in [-0.2, -0.15) is 0 Å². The van der Waals surface area contributed by atoms with Gasteiger partial charge in [0.25, 0.3) is 0 Å². The highest BCUT2D eigenvalue weighted by molar-refractivity contribution is 5.73. The van der Waals surface area contributed by atoms with Crippen molar-refractivity contribution in [3.05, 3.63) is 35.4 Å². The number of urea groups is 1. The first-order valence-corrected chi connectivity index (χ1v) is 8.54. The molecular formula is C19H33N3O2. The van der Waals surface area contributed by atoms with Gasteiger partial charge in [0.05, 0.1) is 6.10 Å². The van der Waals surface area contributed by atoms with Crippen LogP contribution in [-0.2, 0) is 13.1 Å². The molecule has 2 amide bonds. The van der Waals surface area contributed by atoms with Crippen molar-refractivity contribution in [2.75, 3.05) is 20.6 Å². The van der Waals surface area contributed by atoms with Crippen molar-refractivity contribution < 1.29 is 9.90 Å². The van der Waals surface area contributed by atoms with Gasteiger partial charge in [0.15, 0.2) is 0 Å². The lowest BCUT2D eigenvalue weighted by Crippen LogP contribution is -2.46. The normalized spacial score (nSPS) is 13.2. The van der Waals surface area contributed by atoms with Crippen LogP contribution in [0.5, 0.6) is 0 Å². The summed E-state index contributed by atoms with van der Waals surface area (Å²) >= 11 is 0. The largest absolute Gasteiger partial charge is 0.392 e. The molecule has 136 valence electrons. The predicted molar refractivity (Wildman–Crippen MR) is 98.7 cm³/mol. The van der Waals surface area contributed by atoms with Gasteiger partial charge < -0.3 is 20.6 Å². The molecule has 0 saturated heterocycles. The second-order valence-electron chi connectivity index (χ2n) is 7.77. The molecule has 0 fully saturated rings. The van der Waals surface area contributed by atoms with Crippen LogP contribution >= 0.6 is 0 Å². The van der Waals surface area contributed by atoms with Crippen LogP contribution < -0.4 is 10.6 Å². The number of hydrogen-bond acceptors (Lipinski definition) is 3. The number of aliphatic hydroxyl groups excluding tert-OH is 1. The van der Waals surface area contributed by atoms with E-state index in [9.17, 15) is 9.90 Å². The smallest absolute Gasteiger partial charge is 0.315 e. The molecule has 0 aliphatic carbocycles. The maximum atomic E-state index is 12.0. The Bertz CT molecular complexity index is 527. The van der Waals surface area contributed by atoms with E-state index >= 15 is 0 Å². The molecule has 1 atom stereocenters. The van der Waals surface area contributed by atoms with E-state index in [4.69, 9.17) is 0 Å². The SMILES string of the molecule is CC(C)C(O)C(C)(C)CNC(=O)NCc1cccc(CN(C)C)c1. The number of aliphatic hydroxyl groups is 1. The monoisotopic (exact) mass is 335 g/mol. The summed E-state index contributed by atoms with van der Waals surface area (Å²) in [7, 11) is 4.07. The summed E-state index contributed by atoms with van der Waals surface area (Å²) in [6, 6.07) is 7.99. The van der Waals surface area contributed by atoms with Gasteiger partial charge in [-0.25, -0.2) is 4.79 Å². The zero-order chi connectivity index (χ0) is 18.3. The molecule has 1 aromatic carbocycles. The van der Waals surface area contributed by atoms with E-state index in [1.807, 2.05) is 53.9 Å². The molecule has 0 bridgehead atoms. The number of rotatable bonds is 8. The first kappa shape index (κ1) is 20.5. The highest BCUT2D eigenvalue weighted by Gasteiger charge is 2.30. The Morgan fingerprint density at radius 3 is 2.42 bits per heavy atom. The molecule has 1 unspecified atom stereocenters. The fraction of sp³-hybridized carbons (Fsp3) is 0.632. The molecule has 0 radical (unpaired) electrons. The van der Waals surface area contributed by atoms with Gasteiger partial charge in [0.2, 0.25) is 0 Å². The van der Waals surface area contributed by atoms with Crippen molar-refractivity contribution in [3.8, 4) is 0 Å². The fourth-order valence-electron chi connectivity index (χ4n) is 2.76. The van der Waals surface area contributed by atoms with Crippen LogP contribution in [0.2, 0.25) is 0 Å². The number of carbonyl (C=O) groups excluding carboxylic acids is 1. The molecular weight excluding hydrogens is 302 g/mol. The van der Waals surface area contributed by atoms with Crippen LogP contribution in [0.15, 0.2) is 24.3 Å². The van der Waals surface area contributed by atoms with Crippen LogP contribution in [0.1, 0.15) is 38.8 Å². The van der Waals surface area contributed by atoms with Crippen molar-refractivity contribution >= 4 is 6.03 Å². The van der Waals surface area contributed by atoms with E-state index < -0.39 is 6.10 Å². The van der Waals surface area contributed by atoms with Crippen LogP contribution in [0, 0.1) is 11.3 Å². The molecule has 0 heterocycles. The van der Waals surface area contributed by atoms with Crippen molar-refractivity contribution in [2.24, 2.45) is 11.3 Å². The lowest BCUT2D eigenvalue weighted by Gasteiger charge is -2.33. The molecule has 3 N–H and O–H groups in total. The first-order valence-electron chi connectivity index (χ1n) is 8.54. The molecule has 0 spiro atoms. The highest BCUT2D eigenvalue weighted by atomic mass is 16.3. The maximum absolute atomic E-state index is 12.0. The van der Waals surface area contributed by atoms with E-state index in [0.29, 0.717) is 13.1 Å². The predicted octanol–water partition coefficient (Wildman–Crippen LogP) is 2.59. The Morgan fingerprint density at radius 2 is 1.83 bits per heavy atom. The lowest BCUT2D eigenvalue weighted by molar-refractivity contribution is 0.0151. The van der Waals surface area contributed by atoms with E-state index in [1.54, 1.807) is 0 Å². The topological polar surface area (TPSA) is 64.6 Å². The maximum Gasteiger partial charge on any atom is 0.315 e. The summed E-state index contributed by atoms with van der Waals surface area (Å²) in [6.07, 6.45) is -0.458.